The quantitative estimate of drug-likeness (QED) is 0.795. The molecule has 0 bridgehead atoms. The highest BCUT2D eigenvalue weighted by Gasteiger charge is 2.06. The Morgan fingerprint density at radius 3 is 3.00 bits per heavy atom. The summed E-state index contributed by atoms with van der Waals surface area (Å²) in [4.78, 5) is 8.12. The second-order valence-electron chi connectivity index (χ2n) is 2.72. The zero-order valence-corrected chi connectivity index (χ0v) is 9.23. The van der Waals surface area contributed by atoms with Crippen LogP contribution in [-0.2, 0) is 0 Å². The van der Waals surface area contributed by atoms with Crippen LogP contribution >= 0.6 is 23.1 Å². The van der Waals surface area contributed by atoms with Gasteiger partial charge in [0.15, 0.2) is 0 Å². The number of anilines is 1. The van der Waals surface area contributed by atoms with Gasteiger partial charge in [-0.1, -0.05) is 17.8 Å². The highest BCUT2D eigenvalue weighted by Crippen LogP contribution is 2.32. The first-order valence-corrected chi connectivity index (χ1v) is 5.75. The topological polar surface area (TPSA) is 51.8 Å². The number of aromatic nitrogens is 2. The van der Waals surface area contributed by atoms with E-state index in [-0.39, 0.29) is 0 Å². The number of nitrogens with zero attached hydrogens (tertiary/aromatic N) is 2. The SMILES string of the molecule is Cc1c(N)ncnc1Sc1cccs1. The van der Waals surface area contributed by atoms with E-state index in [1.807, 2.05) is 18.4 Å². The van der Waals surface area contributed by atoms with Gasteiger partial charge in [-0.15, -0.1) is 11.3 Å². The molecule has 2 heterocycles. The first kappa shape index (κ1) is 9.48. The molecule has 0 saturated carbocycles. The molecule has 14 heavy (non-hydrogen) atoms. The van der Waals surface area contributed by atoms with Crippen LogP contribution in [0.5, 0.6) is 0 Å². The van der Waals surface area contributed by atoms with Crippen LogP contribution in [0.4, 0.5) is 5.82 Å². The molecule has 3 nitrogen and oxygen atoms in total. The Balaban J connectivity index is 2.29. The molecule has 0 fully saturated rings. The van der Waals surface area contributed by atoms with Crippen LogP contribution in [0.15, 0.2) is 33.1 Å². The molecule has 5 heteroatoms. The smallest absolute Gasteiger partial charge is 0.130 e. The van der Waals surface area contributed by atoms with E-state index in [9.17, 15) is 0 Å². The van der Waals surface area contributed by atoms with Crippen LogP contribution in [0.25, 0.3) is 0 Å². The lowest BCUT2D eigenvalue weighted by Gasteiger charge is -2.03. The molecule has 0 unspecified atom stereocenters. The lowest BCUT2D eigenvalue weighted by Crippen LogP contribution is -1.96. The van der Waals surface area contributed by atoms with Gasteiger partial charge in [0, 0.05) is 5.56 Å². The van der Waals surface area contributed by atoms with Crippen molar-refractivity contribution in [3.05, 3.63) is 29.4 Å². The predicted molar refractivity (Wildman–Crippen MR) is 59.6 cm³/mol. The minimum Gasteiger partial charge on any atom is -0.383 e. The van der Waals surface area contributed by atoms with Crippen LogP contribution < -0.4 is 5.73 Å². The Morgan fingerprint density at radius 1 is 1.43 bits per heavy atom. The van der Waals surface area contributed by atoms with Gasteiger partial charge >= 0.3 is 0 Å². The first-order chi connectivity index (χ1) is 6.77. The Labute approximate surface area is 90.4 Å². The standard InChI is InChI=1S/C9H9N3S2/c1-6-8(10)11-5-12-9(6)14-7-3-2-4-13-7/h2-5H,1H3,(H2,10,11,12). The molecule has 0 saturated heterocycles. The summed E-state index contributed by atoms with van der Waals surface area (Å²) in [5, 5.41) is 2.97. The van der Waals surface area contributed by atoms with Gasteiger partial charge in [-0.3, -0.25) is 0 Å². The van der Waals surface area contributed by atoms with Crippen LogP contribution in [0.1, 0.15) is 5.56 Å². The average molecular weight is 223 g/mol. The number of hydrogen-bond donors (Lipinski definition) is 1. The van der Waals surface area contributed by atoms with Crippen molar-refractivity contribution in [2.75, 3.05) is 5.73 Å². The van der Waals surface area contributed by atoms with Gasteiger partial charge in [-0.05, 0) is 18.4 Å². The van der Waals surface area contributed by atoms with Gasteiger partial charge < -0.3 is 5.73 Å². The summed E-state index contributed by atoms with van der Waals surface area (Å²) in [5.74, 6) is 0.555. The zero-order chi connectivity index (χ0) is 9.97. The fourth-order valence-corrected chi connectivity index (χ4v) is 2.71. The van der Waals surface area contributed by atoms with Crippen LogP contribution in [-0.4, -0.2) is 9.97 Å². The van der Waals surface area contributed by atoms with E-state index in [0.717, 1.165) is 10.6 Å². The molecule has 2 aromatic heterocycles. The third kappa shape index (κ3) is 1.88. The minimum absolute atomic E-state index is 0.555. The zero-order valence-electron chi connectivity index (χ0n) is 7.60. The van der Waals surface area contributed by atoms with E-state index in [1.165, 1.54) is 10.5 Å². The number of thiophene rings is 1. The van der Waals surface area contributed by atoms with Gasteiger partial charge in [0.2, 0.25) is 0 Å². The summed E-state index contributed by atoms with van der Waals surface area (Å²) in [6.45, 7) is 1.94. The number of hydrogen-bond acceptors (Lipinski definition) is 5. The second kappa shape index (κ2) is 3.98. The maximum Gasteiger partial charge on any atom is 0.130 e. The van der Waals surface area contributed by atoms with Crippen molar-refractivity contribution < 1.29 is 0 Å². The molecule has 0 aliphatic rings. The van der Waals surface area contributed by atoms with Crippen molar-refractivity contribution in [2.24, 2.45) is 0 Å². The van der Waals surface area contributed by atoms with Crippen LogP contribution in [0.3, 0.4) is 0 Å². The van der Waals surface area contributed by atoms with Crippen LogP contribution in [0, 0.1) is 6.92 Å². The van der Waals surface area contributed by atoms with Crippen molar-refractivity contribution in [3.8, 4) is 0 Å². The van der Waals surface area contributed by atoms with E-state index < -0.39 is 0 Å². The highest BCUT2D eigenvalue weighted by molar-refractivity contribution is 8.01. The van der Waals surface area contributed by atoms with Gasteiger partial charge in [0.25, 0.3) is 0 Å². The summed E-state index contributed by atoms with van der Waals surface area (Å²) < 4.78 is 1.21. The third-order valence-corrected chi connectivity index (χ3v) is 3.91. The minimum atomic E-state index is 0.555. The van der Waals surface area contributed by atoms with E-state index in [2.05, 4.69) is 16.0 Å². The van der Waals surface area contributed by atoms with Crippen molar-refractivity contribution in [1.82, 2.24) is 9.97 Å². The van der Waals surface area contributed by atoms with Crippen molar-refractivity contribution in [3.63, 3.8) is 0 Å². The number of nitrogen functional groups attached to an aromatic ring is 1. The second-order valence-corrected chi connectivity index (χ2v) is 4.96. The normalized spacial score (nSPS) is 10.4. The molecular weight excluding hydrogens is 214 g/mol. The Kier molecular flexibility index (Phi) is 2.69. The number of nitrogens with two attached hydrogens (primary N) is 1. The summed E-state index contributed by atoms with van der Waals surface area (Å²) >= 11 is 3.32. The first-order valence-electron chi connectivity index (χ1n) is 4.06. The maximum absolute atomic E-state index is 5.69. The van der Waals surface area contributed by atoms with Crippen molar-refractivity contribution in [1.29, 1.82) is 0 Å². The van der Waals surface area contributed by atoms with Gasteiger partial charge in [-0.25, -0.2) is 9.97 Å². The lowest BCUT2D eigenvalue weighted by molar-refractivity contribution is 1.01. The summed E-state index contributed by atoms with van der Waals surface area (Å²) in [7, 11) is 0. The third-order valence-electron chi connectivity index (χ3n) is 1.77. The average Bonchev–Trinajstić information content (AvgIpc) is 2.66. The molecule has 0 amide bonds. The van der Waals surface area contributed by atoms with Gasteiger partial charge in [0.1, 0.15) is 17.2 Å². The summed E-state index contributed by atoms with van der Waals surface area (Å²) in [6, 6.07) is 4.08. The molecule has 0 spiro atoms. The molecule has 72 valence electrons. The Bertz CT molecular complexity index is 426. The molecule has 0 aliphatic heterocycles. The summed E-state index contributed by atoms with van der Waals surface area (Å²) in [5.41, 5.74) is 6.64. The molecule has 2 N–H and O–H groups in total. The van der Waals surface area contributed by atoms with E-state index in [1.54, 1.807) is 23.1 Å². The van der Waals surface area contributed by atoms with E-state index in [4.69, 9.17) is 5.73 Å². The molecule has 2 aromatic rings. The number of rotatable bonds is 2. The molecule has 0 aromatic carbocycles. The molecule has 0 aliphatic carbocycles. The molecule has 0 atom stereocenters. The van der Waals surface area contributed by atoms with Crippen molar-refractivity contribution in [2.45, 2.75) is 16.2 Å². The predicted octanol–water partition coefficient (Wildman–Crippen LogP) is 2.58. The monoisotopic (exact) mass is 223 g/mol. The molecule has 0 radical (unpaired) electrons. The fourth-order valence-electron chi connectivity index (χ4n) is 0.966. The highest BCUT2D eigenvalue weighted by atomic mass is 32.2. The van der Waals surface area contributed by atoms with E-state index in [0.29, 0.717) is 5.82 Å². The lowest BCUT2D eigenvalue weighted by atomic mass is 10.4. The molecule has 2 rings (SSSR count). The van der Waals surface area contributed by atoms with Crippen LogP contribution in [0.2, 0.25) is 0 Å². The molecular formula is C9H9N3S2. The maximum atomic E-state index is 5.69. The van der Waals surface area contributed by atoms with E-state index >= 15 is 0 Å². The fraction of sp³-hybridized carbons (Fsp3) is 0.111. The van der Waals surface area contributed by atoms with Gasteiger partial charge in [-0.2, -0.15) is 0 Å². The summed E-state index contributed by atoms with van der Waals surface area (Å²) in [6.07, 6.45) is 1.50. The van der Waals surface area contributed by atoms with Gasteiger partial charge in [0.05, 0.1) is 4.21 Å². The largest absolute Gasteiger partial charge is 0.383 e. The van der Waals surface area contributed by atoms with Crippen molar-refractivity contribution >= 4 is 28.9 Å². The Morgan fingerprint density at radius 2 is 2.29 bits per heavy atom. The Hall–Kier alpha value is -1.07.